The van der Waals surface area contributed by atoms with Crippen molar-refractivity contribution in [2.24, 2.45) is 0 Å². The summed E-state index contributed by atoms with van der Waals surface area (Å²) in [7, 11) is 0. The fourth-order valence-electron chi connectivity index (χ4n) is 2.89. The van der Waals surface area contributed by atoms with E-state index in [0.29, 0.717) is 17.1 Å². The molecule has 0 saturated carbocycles. The van der Waals surface area contributed by atoms with Crippen LogP contribution in [0, 0.1) is 11.3 Å². The molecule has 0 fully saturated rings. The van der Waals surface area contributed by atoms with E-state index in [1.807, 2.05) is 46.1 Å². The number of anilines is 1. The molecule has 0 spiro atoms. The predicted octanol–water partition coefficient (Wildman–Crippen LogP) is 4.71. The molecule has 28 heavy (non-hydrogen) atoms. The second-order valence-corrected chi connectivity index (χ2v) is 7.23. The molecule has 4 aromatic rings. The maximum atomic E-state index is 9.68. The molecular formula is C20H14ClN5OS. The van der Waals surface area contributed by atoms with Gasteiger partial charge in [0.15, 0.2) is 0 Å². The lowest BCUT2D eigenvalue weighted by atomic mass is 10.0. The molecule has 138 valence electrons. The fourth-order valence-corrected chi connectivity index (χ4v) is 3.75. The third kappa shape index (κ3) is 3.56. The van der Waals surface area contributed by atoms with Crippen LogP contribution in [0.5, 0.6) is 5.75 Å². The van der Waals surface area contributed by atoms with E-state index in [0.717, 1.165) is 22.4 Å². The summed E-state index contributed by atoms with van der Waals surface area (Å²) >= 11 is 7.65. The topological polar surface area (TPSA) is 78.0 Å². The van der Waals surface area contributed by atoms with Gasteiger partial charge in [0.2, 0.25) is 0 Å². The highest BCUT2D eigenvalue weighted by molar-refractivity contribution is 7.08. The minimum atomic E-state index is 0.0411. The van der Waals surface area contributed by atoms with Crippen molar-refractivity contribution in [2.75, 3.05) is 5.01 Å². The molecule has 6 nitrogen and oxygen atoms in total. The maximum absolute atomic E-state index is 9.68. The normalized spacial score (nSPS) is 10.6. The molecule has 0 atom stereocenters. The molecule has 0 amide bonds. The summed E-state index contributed by atoms with van der Waals surface area (Å²) in [6.45, 7) is 0.465. The molecule has 4 rings (SSSR count). The molecule has 2 aromatic carbocycles. The average molecular weight is 408 g/mol. The van der Waals surface area contributed by atoms with Crippen LogP contribution in [0.2, 0.25) is 5.02 Å². The Kier molecular flexibility index (Phi) is 4.98. The predicted molar refractivity (Wildman–Crippen MR) is 109 cm³/mol. The van der Waals surface area contributed by atoms with Crippen LogP contribution in [0.3, 0.4) is 0 Å². The van der Waals surface area contributed by atoms with Crippen molar-refractivity contribution in [2.45, 2.75) is 6.54 Å². The van der Waals surface area contributed by atoms with Gasteiger partial charge in [-0.25, -0.2) is 4.68 Å². The first-order chi connectivity index (χ1) is 13.7. The molecule has 0 aliphatic heterocycles. The SMILES string of the molecule is N#Cc1ccc(N(Cc2ccc(O)c(Cl)c2)n2cnnc2)cc1-c1ccsc1. The Bertz CT molecular complexity index is 1140. The van der Waals surface area contributed by atoms with Crippen molar-refractivity contribution in [1.82, 2.24) is 14.9 Å². The molecule has 0 radical (unpaired) electrons. The van der Waals surface area contributed by atoms with E-state index in [2.05, 4.69) is 16.3 Å². The van der Waals surface area contributed by atoms with Crippen LogP contribution in [-0.2, 0) is 6.54 Å². The van der Waals surface area contributed by atoms with E-state index in [-0.39, 0.29) is 5.75 Å². The van der Waals surface area contributed by atoms with E-state index in [1.165, 1.54) is 0 Å². The Morgan fingerprint density at radius 2 is 1.96 bits per heavy atom. The summed E-state index contributed by atoms with van der Waals surface area (Å²) in [5.74, 6) is 0.0411. The van der Waals surface area contributed by atoms with Crippen LogP contribution in [-0.4, -0.2) is 20.0 Å². The Balaban J connectivity index is 1.78. The molecular weight excluding hydrogens is 394 g/mol. The van der Waals surface area contributed by atoms with Crippen molar-refractivity contribution in [3.05, 3.63) is 82.0 Å². The number of aromatic hydroxyl groups is 1. The number of aromatic nitrogens is 3. The second-order valence-electron chi connectivity index (χ2n) is 6.04. The summed E-state index contributed by atoms with van der Waals surface area (Å²) < 4.78 is 1.76. The second kappa shape index (κ2) is 7.72. The van der Waals surface area contributed by atoms with Crippen LogP contribution in [0.25, 0.3) is 11.1 Å². The zero-order valence-corrected chi connectivity index (χ0v) is 16.1. The summed E-state index contributed by atoms with van der Waals surface area (Å²) in [6.07, 6.45) is 3.20. The smallest absolute Gasteiger partial charge is 0.139 e. The molecule has 0 aliphatic carbocycles. The highest BCUT2D eigenvalue weighted by atomic mass is 35.5. The van der Waals surface area contributed by atoms with Gasteiger partial charge in [-0.1, -0.05) is 17.7 Å². The molecule has 1 N–H and O–H groups in total. The average Bonchev–Trinajstić information content (AvgIpc) is 3.42. The van der Waals surface area contributed by atoms with Crippen LogP contribution in [0.15, 0.2) is 65.9 Å². The van der Waals surface area contributed by atoms with Crippen molar-refractivity contribution in [1.29, 1.82) is 5.26 Å². The van der Waals surface area contributed by atoms with Gasteiger partial charge in [0.05, 0.1) is 28.9 Å². The highest BCUT2D eigenvalue weighted by Crippen LogP contribution is 2.31. The van der Waals surface area contributed by atoms with Gasteiger partial charge < -0.3 is 5.11 Å². The van der Waals surface area contributed by atoms with E-state index < -0.39 is 0 Å². The first-order valence-electron chi connectivity index (χ1n) is 8.32. The minimum Gasteiger partial charge on any atom is -0.506 e. The third-order valence-electron chi connectivity index (χ3n) is 4.28. The number of benzene rings is 2. The Morgan fingerprint density at radius 1 is 1.14 bits per heavy atom. The maximum Gasteiger partial charge on any atom is 0.139 e. The number of nitrogens with zero attached hydrogens (tertiary/aromatic N) is 5. The highest BCUT2D eigenvalue weighted by Gasteiger charge is 2.15. The summed E-state index contributed by atoms with van der Waals surface area (Å²) in [5.41, 5.74) is 4.24. The largest absolute Gasteiger partial charge is 0.506 e. The van der Waals surface area contributed by atoms with Gasteiger partial charge in [-0.2, -0.15) is 16.6 Å². The molecule has 0 bridgehead atoms. The van der Waals surface area contributed by atoms with Crippen LogP contribution in [0.1, 0.15) is 11.1 Å². The van der Waals surface area contributed by atoms with Crippen LogP contribution >= 0.6 is 22.9 Å². The van der Waals surface area contributed by atoms with Gasteiger partial charge in [0.1, 0.15) is 18.4 Å². The zero-order chi connectivity index (χ0) is 19.5. The summed E-state index contributed by atoms with van der Waals surface area (Å²) in [5, 5.41) is 33.2. The van der Waals surface area contributed by atoms with E-state index in [9.17, 15) is 10.4 Å². The van der Waals surface area contributed by atoms with E-state index in [1.54, 1.807) is 40.8 Å². The zero-order valence-electron chi connectivity index (χ0n) is 14.5. The Hall–Kier alpha value is -3.34. The fraction of sp³-hybridized carbons (Fsp3) is 0.0500. The number of hydrogen-bond acceptors (Lipinski definition) is 6. The number of thiophene rings is 1. The molecule has 0 aliphatic rings. The number of phenolic OH excluding ortho intramolecular Hbond substituents is 1. The number of hydrogen-bond donors (Lipinski definition) is 1. The van der Waals surface area contributed by atoms with Crippen LogP contribution in [0.4, 0.5) is 5.69 Å². The van der Waals surface area contributed by atoms with Crippen molar-refractivity contribution in [3.63, 3.8) is 0 Å². The lowest BCUT2D eigenvalue weighted by Gasteiger charge is -2.26. The third-order valence-corrected chi connectivity index (χ3v) is 5.27. The Labute approximate surface area is 170 Å². The quantitative estimate of drug-likeness (QED) is 0.518. The van der Waals surface area contributed by atoms with Gasteiger partial charge in [-0.15, -0.1) is 10.2 Å². The molecule has 8 heteroatoms. The first-order valence-corrected chi connectivity index (χ1v) is 9.64. The molecule has 0 unspecified atom stereocenters. The number of phenols is 1. The lowest BCUT2D eigenvalue weighted by Crippen LogP contribution is -2.27. The van der Waals surface area contributed by atoms with Gasteiger partial charge >= 0.3 is 0 Å². The number of nitriles is 1. The first kappa shape index (κ1) is 18.0. The lowest BCUT2D eigenvalue weighted by molar-refractivity contribution is 0.475. The standard InChI is InChI=1S/C20H14ClN5OS/c21-19-7-14(1-4-20(19)27)10-26(25-12-23-24-13-25)17-3-2-15(9-22)18(8-17)16-5-6-28-11-16/h1-8,11-13,27H,10H2. The molecule has 2 heterocycles. The van der Waals surface area contributed by atoms with Crippen molar-refractivity contribution in [3.8, 4) is 22.9 Å². The summed E-state index contributed by atoms with van der Waals surface area (Å²) in [4.78, 5) is 0. The monoisotopic (exact) mass is 407 g/mol. The van der Waals surface area contributed by atoms with Gasteiger partial charge in [-0.05, 0) is 58.3 Å². The minimum absolute atomic E-state index is 0.0411. The van der Waals surface area contributed by atoms with Gasteiger partial charge in [0, 0.05) is 5.56 Å². The van der Waals surface area contributed by atoms with Crippen LogP contribution < -0.4 is 5.01 Å². The van der Waals surface area contributed by atoms with Crippen molar-refractivity contribution >= 4 is 28.6 Å². The molecule has 0 saturated heterocycles. The molecule has 2 aromatic heterocycles. The van der Waals surface area contributed by atoms with E-state index >= 15 is 0 Å². The van der Waals surface area contributed by atoms with Gasteiger partial charge in [-0.3, -0.25) is 5.01 Å². The summed E-state index contributed by atoms with van der Waals surface area (Å²) in [6, 6.07) is 15.0. The van der Waals surface area contributed by atoms with E-state index in [4.69, 9.17) is 11.6 Å². The number of rotatable bonds is 5. The van der Waals surface area contributed by atoms with Gasteiger partial charge in [0.25, 0.3) is 0 Å². The number of halogens is 1. The van der Waals surface area contributed by atoms with Crippen molar-refractivity contribution < 1.29 is 5.11 Å². The Morgan fingerprint density at radius 3 is 2.64 bits per heavy atom.